The number of carbonyl (C=O) groups excluding carboxylic acids is 5. The Hall–Kier alpha value is -3.10. The number of hydrogen-bond donors (Lipinski definition) is 2. The van der Waals surface area contributed by atoms with Crippen LogP contribution in [0.5, 0.6) is 5.75 Å². The Labute approximate surface area is 218 Å². The van der Waals surface area contributed by atoms with Crippen molar-refractivity contribution in [2.24, 2.45) is 5.73 Å². The van der Waals surface area contributed by atoms with E-state index in [4.69, 9.17) is 36.5 Å². The van der Waals surface area contributed by atoms with Gasteiger partial charge in [0.25, 0.3) is 17.7 Å². The van der Waals surface area contributed by atoms with Crippen molar-refractivity contribution >= 4 is 41.3 Å². The molecule has 0 spiro atoms. The van der Waals surface area contributed by atoms with Gasteiger partial charge in [0, 0.05) is 24.7 Å². The zero-order valence-corrected chi connectivity index (χ0v) is 20.9. The molecule has 13 nitrogen and oxygen atoms in total. The standard InChI is InChI=1S/C23H29ClN4O9/c24-27(7-9-35-11-13-36-12-10-34-8-6-25)19(30)14-37-17-3-1-2-15-20(17)23(33)28(22(15)32)16-4-5-18(29)26-21(16)31/h1-3,16H,4-14,25H2,(H,26,29,31). The number of nitrogens with two attached hydrogens (primary N) is 1. The number of nitrogens with one attached hydrogen (secondary N) is 1. The van der Waals surface area contributed by atoms with Crippen molar-refractivity contribution in [2.75, 3.05) is 59.3 Å². The fourth-order valence-electron chi connectivity index (χ4n) is 3.71. The van der Waals surface area contributed by atoms with Crippen LogP contribution in [0.4, 0.5) is 0 Å². The van der Waals surface area contributed by atoms with Gasteiger partial charge in [0.2, 0.25) is 11.8 Å². The fourth-order valence-corrected chi connectivity index (χ4v) is 3.83. The van der Waals surface area contributed by atoms with Crippen molar-refractivity contribution < 1.29 is 42.9 Å². The van der Waals surface area contributed by atoms with Gasteiger partial charge in [-0.05, 0) is 18.6 Å². The molecule has 5 amide bonds. The molecule has 37 heavy (non-hydrogen) atoms. The third kappa shape index (κ3) is 7.46. The van der Waals surface area contributed by atoms with Crippen LogP contribution in [-0.2, 0) is 28.6 Å². The summed E-state index contributed by atoms with van der Waals surface area (Å²) < 4.78 is 22.3. The molecule has 1 aromatic rings. The van der Waals surface area contributed by atoms with E-state index in [-0.39, 0.29) is 42.9 Å². The first kappa shape index (κ1) is 28.5. The molecule has 2 aliphatic heterocycles. The Morgan fingerprint density at radius 1 is 1.03 bits per heavy atom. The number of nitrogens with zero attached hydrogens (tertiary/aromatic N) is 2. The van der Waals surface area contributed by atoms with Crippen molar-refractivity contribution in [3.63, 3.8) is 0 Å². The van der Waals surface area contributed by atoms with Gasteiger partial charge in [0.1, 0.15) is 11.8 Å². The number of imide groups is 2. The summed E-state index contributed by atoms with van der Waals surface area (Å²) in [7, 11) is 0. The van der Waals surface area contributed by atoms with E-state index in [2.05, 4.69) is 5.32 Å². The molecule has 2 heterocycles. The highest BCUT2D eigenvalue weighted by atomic mass is 35.5. The highest BCUT2D eigenvalue weighted by Gasteiger charge is 2.46. The molecule has 0 bridgehead atoms. The van der Waals surface area contributed by atoms with Gasteiger partial charge in [-0.25, -0.2) is 4.42 Å². The molecule has 0 saturated carbocycles. The van der Waals surface area contributed by atoms with E-state index in [1.54, 1.807) is 0 Å². The Morgan fingerprint density at radius 3 is 2.38 bits per heavy atom. The average Bonchev–Trinajstić information content (AvgIpc) is 3.13. The Bertz CT molecular complexity index is 1020. The molecular formula is C23H29ClN4O9. The Morgan fingerprint density at radius 2 is 1.70 bits per heavy atom. The van der Waals surface area contributed by atoms with E-state index >= 15 is 0 Å². The second kappa shape index (κ2) is 14.0. The zero-order valence-electron chi connectivity index (χ0n) is 20.1. The Kier molecular flexibility index (Phi) is 10.8. The number of rotatable bonds is 15. The molecule has 1 unspecified atom stereocenters. The van der Waals surface area contributed by atoms with Crippen LogP contribution in [0, 0.1) is 0 Å². The van der Waals surface area contributed by atoms with Gasteiger partial charge in [-0.15, -0.1) is 0 Å². The summed E-state index contributed by atoms with van der Waals surface area (Å²) in [5.74, 6) is -3.17. The molecule has 3 N–H and O–H groups in total. The lowest BCUT2D eigenvalue weighted by Gasteiger charge is -2.27. The largest absolute Gasteiger partial charge is 0.483 e. The van der Waals surface area contributed by atoms with Crippen LogP contribution in [0.3, 0.4) is 0 Å². The fraction of sp³-hybridized carbons (Fsp3) is 0.522. The van der Waals surface area contributed by atoms with E-state index in [1.165, 1.54) is 18.2 Å². The number of piperidine rings is 1. The molecule has 0 aliphatic carbocycles. The third-order valence-electron chi connectivity index (χ3n) is 5.49. The molecule has 14 heteroatoms. The number of amides is 5. The number of fused-ring (bicyclic) bond motifs is 1. The maximum Gasteiger partial charge on any atom is 0.274 e. The van der Waals surface area contributed by atoms with Crippen molar-refractivity contribution in [2.45, 2.75) is 18.9 Å². The van der Waals surface area contributed by atoms with Gasteiger partial charge in [0.05, 0.1) is 57.3 Å². The van der Waals surface area contributed by atoms with Gasteiger partial charge in [-0.1, -0.05) is 6.07 Å². The van der Waals surface area contributed by atoms with Crippen LogP contribution >= 0.6 is 11.8 Å². The molecular weight excluding hydrogens is 512 g/mol. The number of benzene rings is 1. The van der Waals surface area contributed by atoms with Crippen molar-refractivity contribution in [1.82, 2.24) is 14.6 Å². The summed E-state index contributed by atoms with van der Waals surface area (Å²) in [5.41, 5.74) is 5.30. The number of hydrogen-bond acceptors (Lipinski definition) is 10. The minimum atomic E-state index is -1.10. The second-order valence-corrected chi connectivity index (χ2v) is 8.43. The predicted octanol–water partition coefficient (Wildman–Crippen LogP) is -0.542. The topological polar surface area (TPSA) is 167 Å². The summed E-state index contributed by atoms with van der Waals surface area (Å²) in [6.45, 7) is 2.21. The Balaban J connectivity index is 1.45. The lowest BCUT2D eigenvalue weighted by atomic mass is 10.0. The van der Waals surface area contributed by atoms with Crippen LogP contribution in [-0.4, -0.2) is 104 Å². The normalized spacial score (nSPS) is 17.1. The summed E-state index contributed by atoms with van der Waals surface area (Å²) in [6.07, 6.45) is 0.0393. The smallest absolute Gasteiger partial charge is 0.274 e. The number of carbonyl (C=O) groups is 5. The molecule has 1 aromatic carbocycles. The summed E-state index contributed by atoms with van der Waals surface area (Å²) in [5, 5.41) is 2.14. The zero-order chi connectivity index (χ0) is 26.8. The maximum absolute atomic E-state index is 13.0. The van der Waals surface area contributed by atoms with E-state index in [0.717, 1.165) is 9.32 Å². The van der Waals surface area contributed by atoms with Gasteiger partial charge >= 0.3 is 0 Å². The van der Waals surface area contributed by atoms with Crippen molar-refractivity contribution in [3.8, 4) is 5.75 Å². The van der Waals surface area contributed by atoms with Crippen LogP contribution in [0.1, 0.15) is 33.6 Å². The summed E-state index contributed by atoms with van der Waals surface area (Å²) in [4.78, 5) is 62.7. The van der Waals surface area contributed by atoms with E-state index in [9.17, 15) is 24.0 Å². The molecule has 202 valence electrons. The van der Waals surface area contributed by atoms with Crippen LogP contribution < -0.4 is 15.8 Å². The lowest BCUT2D eigenvalue weighted by Crippen LogP contribution is -2.54. The third-order valence-corrected chi connectivity index (χ3v) is 5.85. The quantitative estimate of drug-likeness (QED) is 0.167. The molecule has 1 atom stereocenters. The molecule has 3 rings (SSSR count). The number of ether oxygens (including phenoxy) is 4. The molecule has 2 aliphatic rings. The molecule has 0 aromatic heterocycles. The van der Waals surface area contributed by atoms with E-state index in [1.807, 2.05) is 0 Å². The minimum Gasteiger partial charge on any atom is -0.483 e. The predicted molar refractivity (Wildman–Crippen MR) is 128 cm³/mol. The van der Waals surface area contributed by atoms with E-state index < -0.39 is 42.2 Å². The van der Waals surface area contributed by atoms with Crippen LogP contribution in [0.25, 0.3) is 0 Å². The first-order valence-corrected chi connectivity index (χ1v) is 12.1. The summed E-state index contributed by atoms with van der Waals surface area (Å²) in [6, 6.07) is 3.26. The highest BCUT2D eigenvalue weighted by molar-refractivity contribution is 6.24. The van der Waals surface area contributed by atoms with Gasteiger partial charge < -0.3 is 24.7 Å². The number of halogens is 1. The first-order valence-electron chi connectivity index (χ1n) is 11.7. The first-order chi connectivity index (χ1) is 17.8. The van der Waals surface area contributed by atoms with Crippen molar-refractivity contribution in [3.05, 3.63) is 29.3 Å². The van der Waals surface area contributed by atoms with Crippen molar-refractivity contribution in [1.29, 1.82) is 0 Å². The monoisotopic (exact) mass is 540 g/mol. The SMILES string of the molecule is NCCOCCOCCOCCN(Cl)C(=O)COc1cccc2c1C(=O)N(C1CCC(=O)NC1=O)C2=O. The van der Waals surface area contributed by atoms with Crippen LogP contribution in [0.15, 0.2) is 18.2 Å². The minimum absolute atomic E-state index is 0.00732. The highest BCUT2D eigenvalue weighted by Crippen LogP contribution is 2.33. The maximum atomic E-state index is 13.0. The molecule has 1 saturated heterocycles. The molecule has 0 radical (unpaired) electrons. The van der Waals surface area contributed by atoms with Gasteiger partial charge in [-0.3, -0.25) is 34.2 Å². The van der Waals surface area contributed by atoms with Gasteiger partial charge in [0.15, 0.2) is 6.61 Å². The molecule has 1 fully saturated rings. The van der Waals surface area contributed by atoms with E-state index in [0.29, 0.717) is 39.6 Å². The summed E-state index contributed by atoms with van der Waals surface area (Å²) >= 11 is 5.99. The lowest BCUT2D eigenvalue weighted by molar-refractivity contribution is -0.136. The van der Waals surface area contributed by atoms with Crippen LogP contribution in [0.2, 0.25) is 0 Å². The van der Waals surface area contributed by atoms with Gasteiger partial charge in [-0.2, -0.15) is 0 Å². The second-order valence-electron chi connectivity index (χ2n) is 8.02. The average molecular weight is 541 g/mol.